The van der Waals surface area contributed by atoms with Gasteiger partial charge in [-0.15, -0.1) is 0 Å². The van der Waals surface area contributed by atoms with E-state index in [9.17, 15) is 0 Å². The molecule has 0 amide bonds. The first-order valence-electron chi connectivity index (χ1n) is 18.3. The molecule has 1 aromatic heterocycles. The van der Waals surface area contributed by atoms with Crippen molar-refractivity contribution in [3.8, 4) is 44.8 Å². The van der Waals surface area contributed by atoms with Crippen molar-refractivity contribution in [1.82, 2.24) is 4.98 Å². The highest BCUT2D eigenvalue weighted by molar-refractivity contribution is 5.94. The van der Waals surface area contributed by atoms with Crippen molar-refractivity contribution >= 4 is 49.7 Å². The molecule has 254 valence electrons. The number of nitrogens with zero attached hydrogens (tertiary/aromatic N) is 2. The highest BCUT2D eigenvalue weighted by atomic mass is 16.3. The highest BCUT2D eigenvalue weighted by Crippen LogP contribution is 2.42. The molecule has 0 aliphatic rings. The van der Waals surface area contributed by atoms with E-state index in [4.69, 9.17) is 9.40 Å². The molecule has 0 radical (unpaired) electrons. The largest absolute Gasteiger partial charge is 0.435 e. The van der Waals surface area contributed by atoms with Crippen molar-refractivity contribution in [2.24, 2.45) is 0 Å². The zero-order chi connectivity index (χ0) is 35.8. The van der Waals surface area contributed by atoms with E-state index < -0.39 is 0 Å². The Labute approximate surface area is 314 Å². The predicted octanol–water partition coefficient (Wildman–Crippen LogP) is 14.3. The Kier molecular flexibility index (Phi) is 7.81. The van der Waals surface area contributed by atoms with E-state index in [1.165, 1.54) is 32.8 Å². The van der Waals surface area contributed by atoms with Gasteiger partial charge in [0.15, 0.2) is 5.58 Å². The number of benzene rings is 9. The Morgan fingerprint density at radius 1 is 0.352 bits per heavy atom. The molecule has 1 heterocycles. The third kappa shape index (κ3) is 5.78. The number of rotatable bonds is 7. The summed E-state index contributed by atoms with van der Waals surface area (Å²) in [6, 6.07) is 73.0. The lowest BCUT2D eigenvalue weighted by Gasteiger charge is -2.28. The monoisotopic (exact) mass is 690 g/mol. The molecule has 0 unspecified atom stereocenters. The molecule has 3 heteroatoms. The molecule has 0 aliphatic heterocycles. The summed E-state index contributed by atoms with van der Waals surface area (Å²) < 4.78 is 6.52. The second kappa shape index (κ2) is 13.4. The quantitative estimate of drug-likeness (QED) is 0.167. The van der Waals surface area contributed by atoms with Gasteiger partial charge in [-0.05, 0) is 98.4 Å². The molecule has 0 spiro atoms. The average Bonchev–Trinajstić information content (AvgIpc) is 3.70. The summed E-state index contributed by atoms with van der Waals surface area (Å²) in [5, 5.41) is 4.84. The van der Waals surface area contributed by atoms with Crippen molar-refractivity contribution in [3.63, 3.8) is 0 Å². The van der Waals surface area contributed by atoms with Gasteiger partial charge in [0.1, 0.15) is 5.52 Å². The average molecular weight is 691 g/mol. The first kappa shape index (κ1) is 31.5. The normalized spacial score (nSPS) is 11.3. The second-order valence-corrected chi connectivity index (χ2v) is 13.6. The number of fused-ring (bicyclic) bond motifs is 3. The molecule has 3 nitrogen and oxygen atoms in total. The van der Waals surface area contributed by atoms with Gasteiger partial charge >= 0.3 is 0 Å². The molecule has 0 saturated carbocycles. The summed E-state index contributed by atoms with van der Waals surface area (Å²) in [6.07, 6.45) is 0. The molecular weight excluding hydrogens is 657 g/mol. The Morgan fingerprint density at radius 3 is 1.57 bits per heavy atom. The minimum Gasteiger partial charge on any atom is -0.435 e. The summed E-state index contributed by atoms with van der Waals surface area (Å²) in [5.41, 5.74) is 12.6. The number of hydrogen-bond donors (Lipinski definition) is 0. The van der Waals surface area contributed by atoms with Crippen LogP contribution in [0.4, 0.5) is 17.1 Å². The van der Waals surface area contributed by atoms with E-state index in [1.807, 2.05) is 6.07 Å². The molecule has 0 fully saturated rings. The molecule has 0 atom stereocenters. The predicted molar refractivity (Wildman–Crippen MR) is 225 cm³/mol. The maximum atomic E-state index is 6.52. The minimum atomic E-state index is 0.621. The lowest BCUT2D eigenvalue weighted by molar-refractivity contribution is 0.621. The number of aromatic nitrogens is 1. The highest BCUT2D eigenvalue weighted by Gasteiger charge is 2.19. The summed E-state index contributed by atoms with van der Waals surface area (Å²) in [6.45, 7) is 0. The topological polar surface area (TPSA) is 29.3 Å². The van der Waals surface area contributed by atoms with Crippen LogP contribution in [0.5, 0.6) is 0 Å². The van der Waals surface area contributed by atoms with Crippen molar-refractivity contribution in [2.75, 3.05) is 4.90 Å². The van der Waals surface area contributed by atoms with Gasteiger partial charge in [0.2, 0.25) is 5.89 Å². The maximum Gasteiger partial charge on any atom is 0.227 e. The molecule has 10 aromatic rings. The van der Waals surface area contributed by atoms with E-state index in [-0.39, 0.29) is 0 Å². The van der Waals surface area contributed by atoms with Gasteiger partial charge in [0.25, 0.3) is 0 Å². The summed E-state index contributed by atoms with van der Waals surface area (Å²) in [5.74, 6) is 0.621. The zero-order valence-electron chi connectivity index (χ0n) is 29.4. The Balaban J connectivity index is 1.04. The lowest BCUT2D eigenvalue weighted by Crippen LogP contribution is -2.11. The van der Waals surface area contributed by atoms with E-state index in [0.717, 1.165) is 55.8 Å². The molecule has 54 heavy (non-hydrogen) atoms. The van der Waals surface area contributed by atoms with Gasteiger partial charge in [-0.3, -0.25) is 0 Å². The fraction of sp³-hybridized carbons (Fsp3) is 0. The fourth-order valence-corrected chi connectivity index (χ4v) is 7.54. The maximum absolute atomic E-state index is 6.52. The van der Waals surface area contributed by atoms with Crippen LogP contribution in [0.3, 0.4) is 0 Å². The smallest absolute Gasteiger partial charge is 0.227 e. The molecule has 10 rings (SSSR count). The first-order chi connectivity index (χ1) is 26.7. The van der Waals surface area contributed by atoms with Gasteiger partial charge in [-0.25, -0.2) is 4.98 Å². The number of hydrogen-bond acceptors (Lipinski definition) is 3. The van der Waals surface area contributed by atoms with E-state index in [1.54, 1.807) is 0 Å². The molecule has 0 saturated heterocycles. The van der Waals surface area contributed by atoms with Crippen LogP contribution in [-0.4, -0.2) is 4.98 Å². The Hall–Kier alpha value is -7.23. The van der Waals surface area contributed by atoms with E-state index in [2.05, 4.69) is 205 Å². The van der Waals surface area contributed by atoms with E-state index in [0.29, 0.717) is 5.89 Å². The van der Waals surface area contributed by atoms with Crippen LogP contribution in [0.2, 0.25) is 0 Å². The summed E-state index contributed by atoms with van der Waals surface area (Å²) >= 11 is 0. The van der Waals surface area contributed by atoms with Crippen LogP contribution in [0, 0.1) is 0 Å². The first-order valence-corrected chi connectivity index (χ1v) is 18.3. The fourth-order valence-electron chi connectivity index (χ4n) is 7.54. The SMILES string of the molecule is c1ccc(-c2ccccc2N(c2ccc(-c3ccc4ccccc4c3)cc2)c2ccc(-c3cccc4nc(-c5ccc6ccccc6c5)oc34)cc2)cc1. The van der Waals surface area contributed by atoms with Crippen LogP contribution < -0.4 is 4.90 Å². The van der Waals surface area contributed by atoms with Gasteiger partial charge in [0.05, 0.1) is 5.69 Å². The van der Waals surface area contributed by atoms with Crippen molar-refractivity contribution < 1.29 is 4.42 Å². The minimum absolute atomic E-state index is 0.621. The van der Waals surface area contributed by atoms with Crippen molar-refractivity contribution in [2.45, 2.75) is 0 Å². The molecular formula is C51H34N2O. The molecule has 0 N–H and O–H groups in total. The molecule has 0 bridgehead atoms. The second-order valence-electron chi connectivity index (χ2n) is 13.6. The third-order valence-corrected chi connectivity index (χ3v) is 10.3. The van der Waals surface area contributed by atoms with Gasteiger partial charge < -0.3 is 9.32 Å². The van der Waals surface area contributed by atoms with Gasteiger partial charge in [0, 0.05) is 28.1 Å². The van der Waals surface area contributed by atoms with Crippen LogP contribution in [0.1, 0.15) is 0 Å². The molecule has 9 aromatic carbocycles. The van der Waals surface area contributed by atoms with Crippen molar-refractivity contribution in [1.29, 1.82) is 0 Å². The van der Waals surface area contributed by atoms with Crippen LogP contribution in [0.15, 0.2) is 211 Å². The van der Waals surface area contributed by atoms with Crippen molar-refractivity contribution in [3.05, 3.63) is 206 Å². The zero-order valence-corrected chi connectivity index (χ0v) is 29.4. The summed E-state index contributed by atoms with van der Waals surface area (Å²) in [7, 11) is 0. The molecule has 0 aliphatic carbocycles. The van der Waals surface area contributed by atoms with Crippen LogP contribution >= 0.6 is 0 Å². The Bertz CT molecular complexity index is 2930. The third-order valence-electron chi connectivity index (χ3n) is 10.3. The van der Waals surface area contributed by atoms with Crippen LogP contribution in [-0.2, 0) is 0 Å². The number of anilines is 3. The Morgan fingerprint density at radius 2 is 0.870 bits per heavy atom. The van der Waals surface area contributed by atoms with Crippen LogP contribution in [0.25, 0.3) is 77.5 Å². The standard InChI is InChI=1S/C51H34N2O/c1-2-13-38(14-3-1)46-17-8-9-20-49(46)53(44-29-25-37(26-30-44)42-23-21-35-11-4-6-15-40(35)33-42)45-31-27-39(28-32-45)47-18-10-19-48-50(47)54-51(52-48)43-24-22-36-12-5-7-16-41(36)34-43/h1-34H. The number of para-hydroxylation sites is 2. The lowest BCUT2D eigenvalue weighted by atomic mass is 9.99. The summed E-state index contributed by atoms with van der Waals surface area (Å²) in [4.78, 5) is 7.26. The van der Waals surface area contributed by atoms with Gasteiger partial charge in [-0.1, -0.05) is 152 Å². The van der Waals surface area contributed by atoms with Gasteiger partial charge in [-0.2, -0.15) is 0 Å². The number of oxazole rings is 1. The van der Waals surface area contributed by atoms with E-state index >= 15 is 0 Å².